The van der Waals surface area contributed by atoms with E-state index in [0.29, 0.717) is 11.3 Å². The first-order valence-corrected chi connectivity index (χ1v) is 12.5. The van der Waals surface area contributed by atoms with Gasteiger partial charge in [0.15, 0.2) is 0 Å². The monoisotopic (exact) mass is 470 g/mol. The Morgan fingerprint density at radius 1 is 1.09 bits per heavy atom. The average molecular weight is 471 g/mol. The number of rotatable bonds is 8. The first-order valence-electron chi connectivity index (χ1n) is 12.5. The van der Waals surface area contributed by atoms with Crippen molar-refractivity contribution in [3.8, 4) is 12.3 Å². The third-order valence-corrected chi connectivity index (χ3v) is 6.39. The van der Waals surface area contributed by atoms with Crippen molar-refractivity contribution in [1.82, 2.24) is 4.90 Å². The van der Waals surface area contributed by atoms with Gasteiger partial charge in [-0.2, -0.15) is 0 Å². The maximum absolute atomic E-state index is 13.7. The van der Waals surface area contributed by atoms with Crippen LogP contribution in [0.25, 0.3) is 12.2 Å². The number of carbonyl (C=O) groups excluding carboxylic acids is 2. The second-order valence-corrected chi connectivity index (χ2v) is 8.54. The molecular formula is C31H38N2O2. The van der Waals surface area contributed by atoms with Crippen LogP contribution in [0.15, 0.2) is 55.6 Å². The molecule has 4 nitrogen and oxygen atoms in total. The number of aryl methyl sites for hydroxylation is 1. The standard InChI is InChI=1S/C29H32N2O2.C2H6/c1-5-19-31(29(33)26-16-12-11-13-21(26)4)27(24-14-9-8-10-15-24)28(32)30-25-18-17-22(6-2)23(7-3)20-25;1-2/h1,6-7,11-13,16-18,20,24,27H,2-3,8-10,14-15,19H2,4H3,(H,30,32);1-2H3. The smallest absolute Gasteiger partial charge is 0.255 e. The van der Waals surface area contributed by atoms with Crippen molar-refractivity contribution in [2.75, 3.05) is 11.9 Å². The maximum Gasteiger partial charge on any atom is 0.255 e. The van der Waals surface area contributed by atoms with Crippen LogP contribution in [0.5, 0.6) is 0 Å². The van der Waals surface area contributed by atoms with Gasteiger partial charge in [0, 0.05) is 11.3 Å². The van der Waals surface area contributed by atoms with Crippen molar-refractivity contribution in [2.45, 2.75) is 58.9 Å². The Labute approximate surface area is 211 Å². The van der Waals surface area contributed by atoms with E-state index < -0.39 is 6.04 Å². The molecule has 35 heavy (non-hydrogen) atoms. The van der Waals surface area contributed by atoms with Crippen molar-refractivity contribution >= 4 is 29.7 Å². The van der Waals surface area contributed by atoms with E-state index in [9.17, 15) is 9.59 Å². The number of hydrogen-bond donors (Lipinski definition) is 1. The lowest BCUT2D eigenvalue weighted by Crippen LogP contribution is -2.52. The Hall–Kier alpha value is -3.58. The first-order chi connectivity index (χ1) is 17.0. The number of nitrogens with zero attached hydrogens (tertiary/aromatic N) is 1. The molecule has 4 heteroatoms. The minimum Gasteiger partial charge on any atom is -0.324 e. The van der Waals surface area contributed by atoms with Crippen LogP contribution in [0, 0.1) is 25.2 Å². The van der Waals surface area contributed by atoms with Gasteiger partial charge in [0.2, 0.25) is 5.91 Å². The van der Waals surface area contributed by atoms with Gasteiger partial charge >= 0.3 is 0 Å². The van der Waals surface area contributed by atoms with Gasteiger partial charge in [-0.25, -0.2) is 0 Å². The average Bonchev–Trinajstić information content (AvgIpc) is 2.90. The summed E-state index contributed by atoms with van der Waals surface area (Å²) in [5, 5.41) is 3.04. The molecule has 0 aromatic heterocycles. The SMILES string of the molecule is C#CCN(C(=O)c1ccccc1C)C(C(=O)Nc1ccc(C=C)c(C=C)c1)C1CCCCC1.CC. The Kier molecular flexibility index (Phi) is 11.0. The molecule has 0 saturated heterocycles. The third-order valence-electron chi connectivity index (χ3n) is 6.39. The quantitative estimate of drug-likeness (QED) is 0.424. The predicted molar refractivity (Wildman–Crippen MR) is 148 cm³/mol. The lowest BCUT2D eigenvalue weighted by Gasteiger charge is -2.37. The zero-order chi connectivity index (χ0) is 25.8. The van der Waals surface area contributed by atoms with Crippen molar-refractivity contribution in [3.63, 3.8) is 0 Å². The van der Waals surface area contributed by atoms with Gasteiger partial charge in [0.25, 0.3) is 5.91 Å². The number of nitrogens with one attached hydrogen (secondary N) is 1. The number of carbonyl (C=O) groups is 2. The predicted octanol–water partition coefficient (Wildman–Crippen LogP) is 6.97. The normalized spacial score (nSPS) is 13.9. The largest absolute Gasteiger partial charge is 0.324 e. The van der Waals surface area contributed by atoms with E-state index in [-0.39, 0.29) is 24.3 Å². The molecule has 184 valence electrons. The minimum absolute atomic E-state index is 0.0615. The van der Waals surface area contributed by atoms with E-state index in [2.05, 4.69) is 24.4 Å². The highest BCUT2D eigenvalue weighted by Crippen LogP contribution is 2.31. The van der Waals surface area contributed by atoms with Crippen LogP contribution in [0.3, 0.4) is 0 Å². The van der Waals surface area contributed by atoms with Crippen LogP contribution in [0.1, 0.15) is 73.0 Å². The van der Waals surface area contributed by atoms with E-state index in [4.69, 9.17) is 6.42 Å². The number of terminal acetylenes is 1. The third kappa shape index (κ3) is 6.96. The molecule has 1 N–H and O–H groups in total. The second kappa shape index (κ2) is 14.0. The summed E-state index contributed by atoms with van der Waals surface area (Å²) >= 11 is 0. The fraction of sp³-hybridized carbons (Fsp3) is 0.355. The Bertz CT molecular complexity index is 1070. The van der Waals surface area contributed by atoms with Crippen LogP contribution in [0.2, 0.25) is 0 Å². The first kappa shape index (κ1) is 27.7. The molecule has 0 spiro atoms. The molecule has 0 radical (unpaired) electrons. The van der Waals surface area contributed by atoms with Gasteiger partial charge in [0.05, 0.1) is 6.54 Å². The molecule has 1 aliphatic carbocycles. The topological polar surface area (TPSA) is 49.4 Å². The zero-order valence-corrected chi connectivity index (χ0v) is 21.3. The van der Waals surface area contributed by atoms with Crippen LogP contribution >= 0.6 is 0 Å². The number of benzene rings is 2. The van der Waals surface area contributed by atoms with Crippen LogP contribution in [-0.4, -0.2) is 29.3 Å². The van der Waals surface area contributed by atoms with E-state index in [1.54, 1.807) is 23.1 Å². The highest BCUT2D eigenvalue weighted by atomic mass is 16.2. The molecule has 3 rings (SSSR count). The second-order valence-electron chi connectivity index (χ2n) is 8.54. The number of anilines is 1. The zero-order valence-electron chi connectivity index (χ0n) is 21.3. The summed E-state index contributed by atoms with van der Waals surface area (Å²) in [6, 6.07) is 12.4. The summed E-state index contributed by atoms with van der Waals surface area (Å²) in [5.41, 5.74) is 3.92. The van der Waals surface area contributed by atoms with Crippen LogP contribution in [0.4, 0.5) is 5.69 Å². The van der Waals surface area contributed by atoms with Crippen molar-refractivity contribution in [2.24, 2.45) is 5.92 Å². The lowest BCUT2D eigenvalue weighted by molar-refractivity contribution is -0.122. The summed E-state index contributed by atoms with van der Waals surface area (Å²) in [5.74, 6) is 2.26. The number of hydrogen-bond acceptors (Lipinski definition) is 2. The molecule has 0 heterocycles. The Balaban J connectivity index is 0.00000210. The van der Waals surface area contributed by atoms with Crippen LogP contribution < -0.4 is 5.32 Å². The molecule has 1 saturated carbocycles. The fourth-order valence-electron chi connectivity index (χ4n) is 4.65. The van der Waals surface area contributed by atoms with Gasteiger partial charge < -0.3 is 10.2 Å². The molecule has 0 aliphatic heterocycles. The molecule has 0 bridgehead atoms. The fourth-order valence-corrected chi connectivity index (χ4v) is 4.65. The lowest BCUT2D eigenvalue weighted by atomic mass is 9.82. The molecule has 2 aromatic rings. The van der Waals surface area contributed by atoms with E-state index in [1.807, 2.05) is 57.2 Å². The Morgan fingerprint density at radius 2 is 1.74 bits per heavy atom. The summed E-state index contributed by atoms with van der Waals surface area (Å²) in [6.45, 7) is 13.6. The summed E-state index contributed by atoms with van der Waals surface area (Å²) < 4.78 is 0. The van der Waals surface area contributed by atoms with Gasteiger partial charge in [-0.3, -0.25) is 9.59 Å². The molecule has 1 fully saturated rings. The van der Waals surface area contributed by atoms with Crippen LogP contribution in [-0.2, 0) is 4.79 Å². The highest BCUT2D eigenvalue weighted by molar-refractivity contribution is 6.02. The van der Waals surface area contributed by atoms with Gasteiger partial charge in [-0.15, -0.1) is 6.42 Å². The van der Waals surface area contributed by atoms with E-state index in [0.717, 1.165) is 48.8 Å². The maximum atomic E-state index is 13.7. The summed E-state index contributed by atoms with van der Waals surface area (Å²) in [4.78, 5) is 28.9. The minimum atomic E-state index is -0.639. The molecule has 1 aliphatic rings. The number of amides is 2. The molecular weight excluding hydrogens is 432 g/mol. The molecule has 2 aromatic carbocycles. The molecule has 2 amide bonds. The van der Waals surface area contributed by atoms with Crippen molar-refractivity contribution < 1.29 is 9.59 Å². The van der Waals surface area contributed by atoms with Gasteiger partial charge in [0.1, 0.15) is 6.04 Å². The van der Waals surface area contributed by atoms with Crippen molar-refractivity contribution in [3.05, 3.63) is 77.9 Å². The van der Waals surface area contributed by atoms with E-state index >= 15 is 0 Å². The highest BCUT2D eigenvalue weighted by Gasteiger charge is 2.37. The summed E-state index contributed by atoms with van der Waals surface area (Å²) in [7, 11) is 0. The summed E-state index contributed by atoms with van der Waals surface area (Å²) in [6.07, 6.45) is 14.2. The van der Waals surface area contributed by atoms with Gasteiger partial charge in [-0.05, 0) is 60.6 Å². The molecule has 1 atom stereocenters. The Morgan fingerprint density at radius 3 is 2.34 bits per heavy atom. The van der Waals surface area contributed by atoms with Gasteiger partial charge in [-0.1, -0.05) is 88.6 Å². The van der Waals surface area contributed by atoms with E-state index in [1.165, 1.54) is 0 Å². The van der Waals surface area contributed by atoms with Crippen molar-refractivity contribution in [1.29, 1.82) is 0 Å². The molecule has 1 unspecified atom stereocenters.